The van der Waals surface area contributed by atoms with Gasteiger partial charge in [-0.05, 0) is 37.3 Å². The van der Waals surface area contributed by atoms with E-state index >= 15 is 0 Å². The first kappa shape index (κ1) is 16.0. The van der Waals surface area contributed by atoms with E-state index in [1.165, 1.54) is 0 Å². The maximum Gasteiger partial charge on any atom is 0.319 e. The van der Waals surface area contributed by atoms with Gasteiger partial charge in [0.25, 0.3) is 5.76 Å². The first-order valence-electron chi connectivity index (χ1n) is 6.82. The number of carbonyl (C=O) groups is 1. The Morgan fingerprint density at radius 1 is 1.38 bits per heavy atom. The number of alkyl halides is 2. The third-order valence-corrected chi connectivity index (χ3v) is 4.09. The highest BCUT2D eigenvalue weighted by Crippen LogP contribution is 2.34. The van der Waals surface area contributed by atoms with Crippen LogP contribution in [0.4, 0.5) is 19.3 Å². The first-order valence-corrected chi connectivity index (χ1v) is 7.70. The number of hydrogen-bond acceptors (Lipinski definition) is 3. The number of nitrogens with one attached hydrogen (secondary N) is 2. The van der Waals surface area contributed by atoms with Gasteiger partial charge in [-0.15, -0.1) is 0 Å². The SMILES string of the molecule is O=C(Nc1ccccc1SC(F)F)N[C@H](CCO)C1CC1. The maximum atomic E-state index is 12.5. The van der Waals surface area contributed by atoms with Crippen LogP contribution in [0.3, 0.4) is 0 Å². The second-order valence-corrected chi connectivity index (χ2v) is 5.96. The van der Waals surface area contributed by atoms with E-state index in [-0.39, 0.29) is 12.6 Å². The van der Waals surface area contributed by atoms with Crippen molar-refractivity contribution in [2.45, 2.75) is 36.0 Å². The number of carbonyl (C=O) groups excluding carboxylic acids is 1. The zero-order valence-corrected chi connectivity index (χ0v) is 12.2. The van der Waals surface area contributed by atoms with Crippen LogP contribution in [0.1, 0.15) is 19.3 Å². The van der Waals surface area contributed by atoms with Crippen molar-refractivity contribution in [1.29, 1.82) is 0 Å². The molecule has 1 aromatic carbocycles. The summed E-state index contributed by atoms with van der Waals surface area (Å²) in [5, 5.41) is 14.4. The van der Waals surface area contributed by atoms with E-state index in [9.17, 15) is 13.6 Å². The fourth-order valence-corrected chi connectivity index (χ4v) is 2.75. The van der Waals surface area contributed by atoms with Gasteiger partial charge in [-0.3, -0.25) is 0 Å². The van der Waals surface area contributed by atoms with Gasteiger partial charge < -0.3 is 15.7 Å². The van der Waals surface area contributed by atoms with E-state index < -0.39 is 11.8 Å². The number of benzene rings is 1. The molecule has 1 saturated carbocycles. The summed E-state index contributed by atoms with van der Waals surface area (Å²) in [6.07, 6.45) is 2.59. The van der Waals surface area contributed by atoms with Crippen molar-refractivity contribution in [3.63, 3.8) is 0 Å². The molecule has 0 unspecified atom stereocenters. The van der Waals surface area contributed by atoms with Crippen LogP contribution in [0.5, 0.6) is 0 Å². The lowest BCUT2D eigenvalue weighted by molar-refractivity contribution is 0.234. The predicted octanol–water partition coefficient (Wildman–Crippen LogP) is 3.28. The second kappa shape index (κ2) is 7.61. The van der Waals surface area contributed by atoms with Crippen LogP contribution in [-0.4, -0.2) is 29.5 Å². The van der Waals surface area contributed by atoms with Crippen LogP contribution in [-0.2, 0) is 0 Å². The summed E-state index contributed by atoms with van der Waals surface area (Å²) < 4.78 is 24.9. The third-order valence-electron chi connectivity index (χ3n) is 3.30. The highest BCUT2D eigenvalue weighted by atomic mass is 32.2. The Morgan fingerprint density at radius 3 is 2.71 bits per heavy atom. The molecule has 21 heavy (non-hydrogen) atoms. The predicted molar refractivity (Wildman–Crippen MR) is 78.7 cm³/mol. The van der Waals surface area contributed by atoms with Gasteiger partial charge in [0, 0.05) is 17.5 Å². The molecule has 1 aromatic rings. The Balaban J connectivity index is 1.95. The highest BCUT2D eigenvalue weighted by molar-refractivity contribution is 7.99. The van der Waals surface area contributed by atoms with E-state index in [0.29, 0.717) is 34.7 Å². The van der Waals surface area contributed by atoms with Crippen molar-refractivity contribution in [2.75, 3.05) is 11.9 Å². The third kappa shape index (κ3) is 5.17. The van der Waals surface area contributed by atoms with Crippen molar-refractivity contribution in [3.05, 3.63) is 24.3 Å². The summed E-state index contributed by atoms with van der Waals surface area (Å²) in [4.78, 5) is 12.3. The fourth-order valence-electron chi connectivity index (χ4n) is 2.16. The molecule has 116 valence electrons. The van der Waals surface area contributed by atoms with E-state index in [4.69, 9.17) is 5.11 Å². The number of para-hydroxylation sites is 1. The number of thioether (sulfide) groups is 1. The van der Waals surface area contributed by atoms with Crippen LogP contribution < -0.4 is 10.6 Å². The smallest absolute Gasteiger partial charge is 0.319 e. The number of aliphatic hydroxyl groups is 1. The molecule has 0 bridgehead atoms. The van der Waals surface area contributed by atoms with Crippen molar-refractivity contribution in [1.82, 2.24) is 5.32 Å². The van der Waals surface area contributed by atoms with Crippen molar-refractivity contribution >= 4 is 23.5 Å². The average molecular weight is 316 g/mol. The molecule has 7 heteroatoms. The lowest BCUT2D eigenvalue weighted by Gasteiger charge is -2.18. The number of aliphatic hydroxyl groups excluding tert-OH is 1. The number of anilines is 1. The van der Waals surface area contributed by atoms with Gasteiger partial charge in [0.15, 0.2) is 0 Å². The van der Waals surface area contributed by atoms with E-state index in [1.54, 1.807) is 24.3 Å². The quantitative estimate of drug-likeness (QED) is 0.677. The summed E-state index contributed by atoms with van der Waals surface area (Å²) in [6.45, 7) is 0.0132. The van der Waals surface area contributed by atoms with Gasteiger partial charge in [0.1, 0.15) is 0 Å². The van der Waals surface area contributed by atoms with Crippen LogP contribution in [0.25, 0.3) is 0 Å². The zero-order chi connectivity index (χ0) is 15.2. The fraction of sp³-hybridized carbons (Fsp3) is 0.500. The molecule has 3 N–H and O–H groups in total. The second-order valence-electron chi connectivity index (χ2n) is 4.93. The molecular weight excluding hydrogens is 298 g/mol. The highest BCUT2D eigenvalue weighted by Gasteiger charge is 2.31. The molecule has 0 saturated heterocycles. The first-order chi connectivity index (χ1) is 10.1. The summed E-state index contributed by atoms with van der Waals surface area (Å²) in [6, 6.07) is 5.96. The van der Waals surface area contributed by atoms with Crippen molar-refractivity contribution in [2.24, 2.45) is 5.92 Å². The molecule has 0 aliphatic heterocycles. The Morgan fingerprint density at radius 2 is 2.10 bits per heavy atom. The normalized spacial score (nSPS) is 15.8. The molecule has 1 atom stereocenters. The van der Waals surface area contributed by atoms with Gasteiger partial charge in [0.2, 0.25) is 0 Å². The molecule has 2 rings (SSSR count). The largest absolute Gasteiger partial charge is 0.396 e. The zero-order valence-electron chi connectivity index (χ0n) is 11.4. The Bertz CT molecular complexity index is 484. The van der Waals surface area contributed by atoms with Gasteiger partial charge >= 0.3 is 6.03 Å². The average Bonchev–Trinajstić information content (AvgIpc) is 3.24. The van der Waals surface area contributed by atoms with E-state index in [0.717, 1.165) is 12.8 Å². The molecule has 4 nitrogen and oxygen atoms in total. The molecule has 1 aliphatic rings. The number of rotatable bonds is 7. The molecular formula is C14H18F2N2O2S. The Hall–Kier alpha value is -1.34. The Labute approximate surface area is 126 Å². The number of hydrogen-bond donors (Lipinski definition) is 3. The minimum absolute atomic E-state index is 0.0132. The lowest BCUT2D eigenvalue weighted by atomic mass is 10.1. The van der Waals surface area contributed by atoms with Gasteiger partial charge in [-0.2, -0.15) is 8.78 Å². The molecule has 2 amide bonds. The molecule has 0 aromatic heterocycles. The summed E-state index contributed by atoms with van der Waals surface area (Å²) in [5.74, 6) is -2.13. The summed E-state index contributed by atoms with van der Waals surface area (Å²) in [5.41, 5.74) is 0.360. The van der Waals surface area contributed by atoms with Gasteiger partial charge in [-0.1, -0.05) is 23.9 Å². The Kier molecular flexibility index (Phi) is 5.81. The lowest BCUT2D eigenvalue weighted by Crippen LogP contribution is -2.40. The number of halogens is 2. The minimum atomic E-state index is -2.54. The number of urea groups is 1. The van der Waals surface area contributed by atoms with Crippen molar-refractivity contribution in [3.8, 4) is 0 Å². The van der Waals surface area contributed by atoms with Crippen LogP contribution in [0.2, 0.25) is 0 Å². The molecule has 0 radical (unpaired) electrons. The molecule has 0 spiro atoms. The monoisotopic (exact) mass is 316 g/mol. The summed E-state index contributed by atoms with van der Waals surface area (Å²) in [7, 11) is 0. The maximum absolute atomic E-state index is 12.5. The van der Waals surface area contributed by atoms with Crippen molar-refractivity contribution < 1.29 is 18.7 Å². The standard InChI is InChI=1S/C14H18F2N2O2S/c15-13(16)21-12-4-2-1-3-11(12)18-14(20)17-10(7-8-19)9-5-6-9/h1-4,9-10,13,19H,5-8H2,(H2,17,18,20)/t10-/m1/s1. The minimum Gasteiger partial charge on any atom is -0.396 e. The van der Waals surface area contributed by atoms with Crippen LogP contribution in [0, 0.1) is 5.92 Å². The molecule has 1 fully saturated rings. The van der Waals surface area contributed by atoms with E-state index in [1.807, 2.05) is 0 Å². The molecule has 0 heterocycles. The van der Waals surface area contributed by atoms with Gasteiger partial charge in [0.05, 0.1) is 5.69 Å². The topological polar surface area (TPSA) is 61.4 Å². The van der Waals surface area contributed by atoms with Gasteiger partial charge in [-0.25, -0.2) is 4.79 Å². The van der Waals surface area contributed by atoms with E-state index in [2.05, 4.69) is 10.6 Å². The van der Waals surface area contributed by atoms with Crippen LogP contribution in [0.15, 0.2) is 29.2 Å². The summed E-state index contributed by atoms with van der Waals surface area (Å²) >= 11 is 0.399. The number of amides is 2. The van der Waals surface area contributed by atoms with Crippen LogP contribution >= 0.6 is 11.8 Å². The molecule has 1 aliphatic carbocycles.